The normalized spacial score (nSPS) is 30.7. The van der Waals surface area contributed by atoms with Gasteiger partial charge in [0.05, 0.1) is 5.69 Å². The summed E-state index contributed by atoms with van der Waals surface area (Å²) in [6.45, 7) is 0. The van der Waals surface area contributed by atoms with Crippen LogP contribution in [0.15, 0.2) is 22.7 Å². The van der Waals surface area contributed by atoms with Gasteiger partial charge in [-0.05, 0) is 59.2 Å². The molecule has 2 saturated carbocycles. The standard InChI is InChI=1S/C16H21BrFN/c17-14-6-3-7-15(18)16(14)19-13-9-8-11-4-1-2-5-12(11)10-13/h3,6-7,11-13,19H,1-2,4-5,8-10H2. The first-order valence-corrected chi connectivity index (χ1v) is 8.24. The van der Waals surface area contributed by atoms with Crippen molar-refractivity contribution in [3.05, 3.63) is 28.5 Å². The van der Waals surface area contributed by atoms with Crippen LogP contribution in [0, 0.1) is 17.7 Å². The highest BCUT2D eigenvalue weighted by Gasteiger charge is 2.32. The predicted octanol–water partition coefficient (Wildman–Crippen LogP) is 5.36. The summed E-state index contributed by atoms with van der Waals surface area (Å²) in [5.74, 6) is 1.65. The summed E-state index contributed by atoms with van der Waals surface area (Å²) in [5.41, 5.74) is 0.641. The molecule has 2 aliphatic rings. The van der Waals surface area contributed by atoms with E-state index in [-0.39, 0.29) is 5.82 Å². The highest BCUT2D eigenvalue weighted by atomic mass is 79.9. The van der Waals surface area contributed by atoms with Crippen LogP contribution in [0.2, 0.25) is 0 Å². The molecule has 2 aliphatic carbocycles. The van der Waals surface area contributed by atoms with E-state index in [9.17, 15) is 4.39 Å². The molecule has 0 aliphatic heterocycles. The van der Waals surface area contributed by atoms with Crippen LogP contribution in [0.3, 0.4) is 0 Å². The Bertz CT molecular complexity index is 428. The van der Waals surface area contributed by atoms with E-state index in [4.69, 9.17) is 0 Å². The second kappa shape index (κ2) is 5.82. The van der Waals surface area contributed by atoms with E-state index in [1.54, 1.807) is 6.07 Å². The molecule has 3 unspecified atom stereocenters. The molecule has 1 aromatic rings. The average Bonchev–Trinajstić information content (AvgIpc) is 2.43. The Labute approximate surface area is 123 Å². The molecular weight excluding hydrogens is 305 g/mol. The molecule has 0 radical (unpaired) electrons. The maximum atomic E-state index is 13.8. The van der Waals surface area contributed by atoms with E-state index < -0.39 is 0 Å². The molecular formula is C16H21BrFN. The largest absolute Gasteiger partial charge is 0.379 e. The summed E-state index contributed by atoms with van der Waals surface area (Å²) in [6, 6.07) is 5.60. The maximum Gasteiger partial charge on any atom is 0.147 e. The van der Waals surface area contributed by atoms with Crippen molar-refractivity contribution in [1.29, 1.82) is 0 Å². The van der Waals surface area contributed by atoms with Crippen molar-refractivity contribution >= 4 is 21.6 Å². The Hall–Kier alpha value is -0.570. The summed E-state index contributed by atoms with van der Waals surface area (Å²) in [7, 11) is 0. The Balaban J connectivity index is 1.67. The van der Waals surface area contributed by atoms with Crippen LogP contribution in [0.4, 0.5) is 10.1 Å². The number of nitrogens with one attached hydrogen (secondary N) is 1. The van der Waals surface area contributed by atoms with Crippen molar-refractivity contribution in [3.8, 4) is 0 Å². The Morgan fingerprint density at radius 1 is 1.05 bits per heavy atom. The van der Waals surface area contributed by atoms with Crippen molar-refractivity contribution in [2.45, 2.75) is 51.0 Å². The Kier molecular flexibility index (Phi) is 4.11. The van der Waals surface area contributed by atoms with E-state index in [0.717, 1.165) is 16.3 Å². The number of rotatable bonds is 2. The van der Waals surface area contributed by atoms with Gasteiger partial charge < -0.3 is 5.32 Å². The molecule has 0 saturated heterocycles. The van der Waals surface area contributed by atoms with Gasteiger partial charge in [-0.25, -0.2) is 4.39 Å². The van der Waals surface area contributed by atoms with E-state index in [1.807, 2.05) is 6.07 Å². The minimum atomic E-state index is -0.153. The second-order valence-electron chi connectivity index (χ2n) is 6.06. The number of anilines is 1. The van der Waals surface area contributed by atoms with E-state index in [1.165, 1.54) is 51.0 Å². The quantitative estimate of drug-likeness (QED) is 0.771. The summed E-state index contributed by atoms with van der Waals surface area (Å²) < 4.78 is 14.7. The number of hydrogen-bond donors (Lipinski definition) is 1. The fourth-order valence-electron chi connectivity index (χ4n) is 3.84. The van der Waals surface area contributed by atoms with Crippen LogP contribution < -0.4 is 5.32 Å². The lowest BCUT2D eigenvalue weighted by molar-refractivity contribution is 0.162. The van der Waals surface area contributed by atoms with Crippen molar-refractivity contribution in [2.75, 3.05) is 5.32 Å². The lowest BCUT2D eigenvalue weighted by atomic mass is 9.69. The third kappa shape index (κ3) is 2.96. The van der Waals surface area contributed by atoms with Gasteiger partial charge in [-0.3, -0.25) is 0 Å². The molecule has 3 atom stereocenters. The van der Waals surface area contributed by atoms with E-state index in [2.05, 4.69) is 21.2 Å². The lowest BCUT2D eigenvalue weighted by Crippen LogP contribution is -2.34. The number of hydrogen-bond acceptors (Lipinski definition) is 1. The minimum Gasteiger partial charge on any atom is -0.379 e. The lowest BCUT2D eigenvalue weighted by Gasteiger charge is -2.40. The Morgan fingerprint density at radius 3 is 2.63 bits per heavy atom. The first-order valence-electron chi connectivity index (χ1n) is 7.44. The fourth-order valence-corrected chi connectivity index (χ4v) is 4.30. The van der Waals surface area contributed by atoms with E-state index in [0.29, 0.717) is 11.7 Å². The van der Waals surface area contributed by atoms with Crippen LogP contribution in [0.25, 0.3) is 0 Å². The summed E-state index contributed by atoms with van der Waals surface area (Å²) >= 11 is 3.44. The van der Waals surface area contributed by atoms with Gasteiger partial charge in [0.2, 0.25) is 0 Å². The third-order valence-corrected chi connectivity index (χ3v) is 5.51. The van der Waals surface area contributed by atoms with Gasteiger partial charge in [0.25, 0.3) is 0 Å². The van der Waals surface area contributed by atoms with Crippen molar-refractivity contribution in [3.63, 3.8) is 0 Å². The first-order chi connectivity index (χ1) is 9.24. The SMILES string of the molecule is Fc1cccc(Br)c1NC1CCC2CCCCC2C1. The van der Waals surface area contributed by atoms with Gasteiger partial charge in [0, 0.05) is 10.5 Å². The van der Waals surface area contributed by atoms with Gasteiger partial charge >= 0.3 is 0 Å². The highest BCUT2D eigenvalue weighted by Crippen LogP contribution is 2.41. The van der Waals surface area contributed by atoms with Crippen LogP contribution in [-0.2, 0) is 0 Å². The molecule has 1 aromatic carbocycles. The van der Waals surface area contributed by atoms with Crippen LogP contribution in [-0.4, -0.2) is 6.04 Å². The number of benzene rings is 1. The molecule has 1 nitrogen and oxygen atoms in total. The first kappa shape index (κ1) is 13.4. The molecule has 2 fully saturated rings. The van der Waals surface area contributed by atoms with Gasteiger partial charge in [0.15, 0.2) is 0 Å². The molecule has 3 rings (SSSR count). The number of fused-ring (bicyclic) bond motifs is 1. The molecule has 19 heavy (non-hydrogen) atoms. The topological polar surface area (TPSA) is 12.0 Å². The smallest absolute Gasteiger partial charge is 0.147 e. The second-order valence-corrected chi connectivity index (χ2v) is 6.91. The van der Waals surface area contributed by atoms with Crippen molar-refractivity contribution < 1.29 is 4.39 Å². The Morgan fingerprint density at radius 2 is 1.84 bits per heavy atom. The van der Waals surface area contributed by atoms with Gasteiger partial charge in [0.1, 0.15) is 5.82 Å². The zero-order valence-corrected chi connectivity index (χ0v) is 12.8. The molecule has 3 heteroatoms. The molecule has 0 spiro atoms. The maximum absolute atomic E-state index is 13.8. The monoisotopic (exact) mass is 325 g/mol. The average molecular weight is 326 g/mol. The summed E-state index contributed by atoms with van der Waals surface area (Å²) in [5, 5.41) is 3.43. The van der Waals surface area contributed by atoms with Crippen LogP contribution >= 0.6 is 15.9 Å². The molecule has 104 valence electrons. The van der Waals surface area contributed by atoms with E-state index >= 15 is 0 Å². The zero-order chi connectivity index (χ0) is 13.2. The van der Waals surface area contributed by atoms with Crippen molar-refractivity contribution in [1.82, 2.24) is 0 Å². The minimum absolute atomic E-state index is 0.153. The number of halogens is 2. The van der Waals surface area contributed by atoms with Gasteiger partial charge in [-0.2, -0.15) is 0 Å². The van der Waals surface area contributed by atoms with Crippen LogP contribution in [0.5, 0.6) is 0 Å². The fraction of sp³-hybridized carbons (Fsp3) is 0.625. The van der Waals surface area contributed by atoms with Crippen molar-refractivity contribution in [2.24, 2.45) is 11.8 Å². The van der Waals surface area contributed by atoms with Gasteiger partial charge in [-0.15, -0.1) is 0 Å². The molecule has 1 N–H and O–H groups in total. The van der Waals surface area contributed by atoms with Crippen LogP contribution in [0.1, 0.15) is 44.9 Å². The highest BCUT2D eigenvalue weighted by molar-refractivity contribution is 9.10. The number of para-hydroxylation sites is 1. The molecule has 0 bridgehead atoms. The molecule has 0 heterocycles. The summed E-state index contributed by atoms with van der Waals surface area (Å²) in [6.07, 6.45) is 9.30. The third-order valence-electron chi connectivity index (χ3n) is 4.85. The zero-order valence-electron chi connectivity index (χ0n) is 11.2. The van der Waals surface area contributed by atoms with Gasteiger partial charge in [-0.1, -0.05) is 31.7 Å². The molecule has 0 amide bonds. The summed E-state index contributed by atoms with van der Waals surface area (Å²) in [4.78, 5) is 0. The molecule has 0 aromatic heterocycles. The predicted molar refractivity (Wildman–Crippen MR) is 80.8 cm³/mol.